The fourth-order valence-corrected chi connectivity index (χ4v) is 1.40. The molecule has 0 aliphatic heterocycles. The van der Waals surface area contributed by atoms with E-state index in [0.717, 1.165) is 0 Å². The highest BCUT2D eigenvalue weighted by molar-refractivity contribution is 5.70. The first-order valence-electron chi connectivity index (χ1n) is 6.18. The summed E-state index contributed by atoms with van der Waals surface area (Å²) in [6, 6.07) is 0. The molecule has 0 spiro atoms. The average Bonchev–Trinajstić information content (AvgIpc) is 2.71. The molecule has 106 valence electrons. The summed E-state index contributed by atoms with van der Waals surface area (Å²) in [7, 11) is 0. The van der Waals surface area contributed by atoms with Crippen molar-refractivity contribution in [2.75, 3.05) is 0 Å². The van der Waals surface area contributed by atoms with Crippen LogP contribution in [0, 0.1) is 5.92 Å². The molecule has 6 nitrogen and oxygen atoms in total. The minimum Gasteiger partial charge on any atom is -0.481 e. The molecular weight excluding hydrogens is 248 g/mol. The van der Waals surface area contributed by atoms with Gasteiger partial charge in [-0.3, -0.25) is 4.79 Å². The SMILES string of the molecule is CC(CCc1cn(C(=O)OC(C)(C)C)cn1)C(=O)O. The maximum Gasteiger partial charge on any atom is 0.419 e. The summed E-state index contributed by atoms with van der Waals surface area (Å²) < 4.78 is 6.46. The molecule has 1 N–H and O–H groups in total. The van der Waals surface area contributed by atoms with E-state index in [9.17, 15) is 9.59 Å². The number of aliphatic carboxylic acids is 1. The Balaban J connectivity index is 2.57. The van der Waals surface area contributed by atoms with Gasteiger partial charge in [-0.25, -0.2) is 14.3 Å². The Morgan fingerprint density at radius 2 is 2.11 bits per heavy atom. The van der Waals surface area contributed by atoms with Gasteiger partial charge in [0.15, 0.2) is 0 Å². The molecule has 1 rings (SSSR count). The summed E-state index contributed by atoms with van der Waals surface area (Å²) in [5.41, 5.74) is 0.123. The molecule has 0 saturated carbocycles. The van der Waals surface area contributed by atoms with Crippen molar-refractivity contribution in [2.24, 2.45) is 5.92 Å². The Bertz CT molecular complexity index is 459. The van der Waals surface area contributed by atoms with Gasteiger partial charge in [0.05, 0.1) is 11.6 Å². The Labute approximate surface area is 112 Å². The van der Waals surface area contributed by atoms with Gasteiger partial charge in [-0.1, -0.05) is 6.92 Å². The zero-order valence-corrected chi connectivity index (χ0v) is 11.7. The number of hydrogen-bond donors (Lipinski definition) is 1. The third-order valence-corrected chi connectivity index (χ3v) is 2.50. The number of rotatable bonds is 4. The smallest absolute Gasteiger partial charge is 0.419 e. The summed E-state index contributed by atoms with van der Waals surface area (Å²) in [6.07, 6.45) is 3.47. The van der Waals surface area contributed by atoms with Crippen molar-refractivity contribution in [3.63, 3.8) is 0 Å². The number of imidazole rings is 1. The van der Waals surface area contributed by atoms with Gasteiger partial charge in [-0.15, -0.1) is 0 Å². The minimum atomic E-state index is -0.827. The van der Waals surface area contributed by atoms with Crippen LogP contribution >= 0.6 is 0 Å². The van der Waals surface area contributed by atoms with E-state index in [1.807, 2.05) is 0 Å². The predicted octanol–water partition coefficient (Wildman–Crippen LogP) is 2.32. The van der Waals surface area contributed by atoms with Crippen LogP contribution in [0.1, 0.15) is 39.8 Å². The summed E-state index contributed by atoms with van der Waals surface area (Å²) in [5.74, 6) is -1.25. The van der Waals surface area contributed by atoms with E-state index >= 15 is 0 Å². The van der Waals surface area contributed by atoms with E-state index in [4.69, 9.17) is 9.84 Å². The molecule has 1 unspecified atom stereocenters. The second-order valence-corrected chi connectivity index (χ2v) is 5.53. The fraction of sp³-hybridized carbons (Fsp3) is 0.615. The number of carboxylic acids is 1. The van der Waals surface area contributed by atoms with Crippen molar-refractivity contribution in [3.05, 3.63) is 18.2 Å². The van der Waals surface area contributed by atoms with E-state index in [2.05, 4.69) is 4.98 Å². The van der Waals surface area contributed by atoms with Crippen LogP contribution in [0.5, 0.6) is 0 Å². The van der Waals surface area contributed by atoms with Crippen molar-refractivity contribution < 1.29 is 19.4 Å². The zero-order valence-electron chi connectivity index (χ0n) is 11.7. The molecule has 0 aliphatic rings. The van der Waals surface area contributed by atoms with Gasteiger partial charge in [0.25, 0.3) is 0 Å². The number of aryl methyl sites for hydroxylation is 1. The van der Waals surface area contributed by atoms with Gasteiger partial charge >= 0.3 is 12.1 Å². The summed E-state index contributed by atoms with van der Waals surface area (Å²) >= 11 is 0. The Morgan fingerprint density at radius 3 is 2.63 bits per heavy atom. The summed E-state index contributed by atoms with van der Waals surface area (Å²) in [5, 5.41) is 8.78. The molecule has 0 saturated heterocycles. The summed E-state index contributed by atoms with van der Waals surface area (Å²) in [6.45, 7) is 7.01. The van der Waals surface area contributed by atoms with Crippen LogP contribution in [-0.4, -0.2) is 32.3 Å². The first-order valence-corrected chi connectivity index (χ1v) is 6.18. The quantitative estimate of drug-likeness (QED) is 0.906. The number of carboxylic acid groups (broad SMARTS) is 1. The number of aromatic nitrogens is 2. The molecule has 0 aliphatic carbocycles. The fourth-order valence-electron chi connectivity index (χ4n) is 1.40. The largest absolute Gasteiger partial charge is 0.481 e. The molecule has 0 aromatic carbocycles. The lowest BCUT2D eigenvalue weighted by atomic mass is 10.1. The predicted molar refractivity (Wildman–Crippen MR) is 69.0 cm³/mol. The molecule has 1 aromatic rings. The van der Waals surface area contributed by atoms with Gasteiger partial charge < -0.3 is 9.84 Å². The van der Waals surface area contributed by atoms with Crippen LogP contribution in [0.2, 0.25) is 0 Å². The standard InChI is InChI=1S/C13H20N2O4/c1-9(11(16)17)5-6-10-7-15(8-14-10)12(18)19-13(2,3)4/h7-9H,5-6H2,1-4H3,(H,16,17). The third-order valence-electron chi connectivity index (χ3n) is 2.50. The zero-order chi connectivity index (χ0) is 14.6. The Morgan fingerprint density at radius 1 is 1.47 bits per heavy atom. The van der Waals surface area contributed by atoms with Crippen molar-refractivity contribution in [3.8, 4) is 0 Å². The number of hydrogen-bond acceptors (Lipinski definition) is 4. The highest BCUT2D eigenvalue weighted by Crippen LogP contribution is 2.11. The Hall–Kier alpha value is -1.85. The topological polar surface area (TPSA) is 81.4 Å². The third kappa shape index (κ3) is 5.11. The minimum absolute atomic E-state index is 0.424. The lowest BCUT2D eigenvalue weighted by Crippen LogP contribution is -2.26. The molecule has 6 heteroatoms. The average molecular weight is 268 g/mol. The number of carbonyl (C=O) groups excluding carboxylic acids is 1. The molecule has 1 heterocycles. The molecule has 0 bridgehead atoms. The monoisotopic (exact) mass is 268 g/mol. The van der Waals surface area contributed by atoms with Crippen LogP contribution in [0.4, 0.5) is 4.79 Å². The van der Waals surface area contributed by atoms with E-state index in [1.165, 1.54) is 10.9 Å². The van der Waals surface area contributed by atoms with Crippen molar-refractivity contribution in [2.45, 2.75) is 46.1 Å². The molecule has 19 heavy (non-hydrogen) atoms. The molecule has 1 aromatic heterocycles. The Kier molecular flexibility index (Phi) is 4.69. The normalized spacial score (nSPS) is 13.1. The van der Waals surface area contributed by atoms with Crippen LogP contribution in [0.3, 0.4) is 0 Å². The maximum atomic E-state index is 11.7. The molecule has 0 amide bonds. The van der Waals surface area contributed by atoms with E-state index in [-0.39, 0.29) is 0 Å². The van der Waals surface area contributed by atoms with Crippen LogP contribution in [-0.2, 0) is 16.0 Å². The number of carbonyl (C=O) groups is 2. The van der Waals surface area contributed by atoms with Gasteiger partial charge in [0.1, 0.15) is 11.9 Å². The van der Waals surface area contributed by atoms with Crippen molar-refractivity contribution >= 4 is 12.1 Å². The van der Waals surface area contributed by atoms with Crippen LogP contribution < -0.4 is 0 Å². The van der Waals surface area contributed by atoms with Gasteiger partial charge in [-0.05, 0) is 33.6 Å². The van der Waals surface area contributed by atoms with Crippen molar-refractivity contribution in [1.82, 2.24) is 9.55 Å². The van der Waals surface area contributed by atoms with Crippen LogP contribution in [0.15, 0.2) is 12.5 Å². The highest BCUT2D eigenvalue weighted by atomic mass is 16.6. The van der Waals surface area contributed by atoms with Crippen molar-refractivity contribution in [1.29, 1.82) is 0 Å². The lowest BCUT2D eigenvalue weighted by Gasteiger charge is -2.19. The number of nitrogens with zero attached hydrogens (tertiary/aromatic N) is 2. The van der Waals surface area contributed by atoms with Gasteiger partial charge in [0.2, 0.25) is 0 Å². The van der Waals surface area contributed by atoms with Crippen LogP contribution in [0.25, 0.3) is 0 Å². The van der Waals surface area contributed by atoms with E-state index in [1.54, 1.807) is 33.9 Å². The molecule has 0 fully saturated rings. The van der Waals surface area contributed by atoms with E-state index < -0.39 is 23.6 Å². The second-order valence-electron chi connectivity index (χ2n) is 5.53. The lowest BCUT2D eigenvalue weighted by molar-refractivity contribution is -0.141. The molecule has 0 radical (unpaired) electrons. The summed E-state index contributed by atoms with van der Waals surface area (Å²) in [4.78, 5) is 26.5. The van der Waals surface area contributed by atoms with E-state index in [0.29, 0.717) is 18.5 Å². The first-order chi connectivity index (χ1) is 8.69. The molecule has 1 atom stereocenters. The van der Waals surface area contributed by atoms with Gasteiger partial charge in [0, 0.05) is 6.20 Å². The number of ether oxygens (including phenoxy) is 1. The molecular formula is C13H20N2O4. The highest BCUT2D eigenvalue weighted by Gasteiger charge is 2.18. The van der Waals surface area contributed by atoms with Gasteiger partial charge in [-0.2, -0.15) is 0 Å². The first kappa shape index (κ1) is 15.2. The second kappa shape index (κ2) is 5.86. The maximum absolute atomic E-state index is 11.7.